The van der Waals surface area contributed by atoms with Crippen LogP contribution in [0.5, 0.6) is 0 Å². The zero-order valence-electron chi connectivity index (χ0n) is 13.8. The van der Waals surface area contributed by atoms with Gasteiger partial charge in [0.05, 0.1) is 0 Å². The molecule has 1 fully saturated rings. The highest BCUT2D eigenvalue weighted by Gasteiger charge is 2.30. The van der Waals surface area contributed by atoms with Gasteiger partial charge in [-0.15, -0.1) is 0 Å². The van der Waals surface area contributed by atoms with Crippen LogP contribution in [0, 0.1) is 0 Å². The minimum absolute atomic E-state index is 0.658. The Morgan fingerprint density at radius 2 is 1.95 bits per heavy atom. The summed E-state index contributed by atoms with van der Waals surface area (Å²) in [5.41, 5.74) is 0. The Morgan fingerprint density at radius 1 is 1.21 bits per heavy atom. The maximum absolute atomic E-state index is 3.73. The smallest absolute Gasteiger partial charge is 0.0250 e. The predicted molar refractivity (Wildman–Crippen MR) is 84.7 cm³/mol. The van der Waals surface area contributed by atoms with Crippen molar-refractivity contribution in [2.45, 2.75) is 71.5 Å². The van der Waals surface area contributed by atoms with E-state index in [0.29, 0.717) is 18.1 Å². The lowest BCUT2D eigenvalue weighted by atomic mass is 9.97. The van der Waals surface area contributed by atoms with Crippen molar-refractivity contribution in [3.05, 3.63) is 0 Å². The van der Waals surface area contributed by atoms with Crippen molar-refractivity contribution in [3.8, 4) is 0 Å². The first-order valence-corrected chi connectivity index (χ1v) is 8.31. The molecular weight excluding hydrogens is 234 g/mol. The molecular formula is C16H35N3. The molecule has 19 heavy (non-hydrogen) atoms. The Morgan fingerprint density at radius 3 is 2.53 bits per heavy atom. The van der Waals surface area contributed by atoms with Crippen LogP contribution in [0.3, 0.4) is 0 Å². The second kappa shape index (κ2) is 8.93. The van der Waals surface area contributed by atoms with E-state index in [1.54, 1.807) is 0 Å². The summed E-state index contributed by atoms with van der Waals surface area (Å²) in [5.74, 6) is 0. The number of nitrogens with one attached hydrogen (secondary N) is 1. The highest BCUT2D eigenvalue weighted by atomic mass is 15.3. The van der Waals surface area contributed by atoms with E-state index in [9.17, 15) is 0 Å². The second-order valence-electron chi connectivity index (χ2n) is 6.13. The minimum atomic E-state index is 0.658. The molecule has 3 atom stereocenters. The summed E-state index contributed by atoms with van der Waals surface area (Å²) < 4.78 is 0. The molecule has 1 saturated heterocycles. The molecule has 1 rings (SSSR count). The predicted octanol–water partition coefficient (Wildman–Crippen LogP) is 2.57. The molecule has 0 bridgehead atoms. The van der Waals surface area contributed by atoms with E-state index in [2.05, 4.69) is 49.9 Å². The molecule has 0 radical (unpaired) electrons. The Labute approximate surface area is 120 Å². The first kappa shape index (κ1) is 16.9. The molecule has 3 heteroatoms. The first-order valence-electron chi connectivity index (χ1n) is 8.31. The Kier molecular flexibility index (Phi) is 7.96. The van der Waals surface area contributed by atoms with Crippen molar-refractivity contribution in [2.24, 2.45) is 0 Å². The topological polar surface area (TPSA) is 18.5 Å². The van der Waals surface area contributed by atoms with Gasteiger partial charge in [0, 0.05) is 31.2 Å². The van der Waals surface area contributed by atoms with Crippen molar-refractivity contribution in [1.82, 2.24) is 15.1 Å². The van der Waals surface area contributed by atoms with Crippen LogP contribution in [-0.4, -0.2) is 61.2 Å². The quantitative estimate of drug-likeness (QED) is 0.766. The molecule has 0 spiro atoms. The van der Waals surface area contributed by atoms with E-state index in [1.807, 2.05) is 0 Å². The average molecular weight is 269 g/mol. The van der Waals surface area contributed by atoms with Gasteiger partial charge in [0.2, 0.25) is 0 Å². The van der Waals surface area contributed by atoms with E-state index < -0.39 is 0 Å². The molecule has 1 N–H and O–H groups in total. The minimum Gasteiger partial charge on any atom is -0.313 e. The number of hydrogen-bond acceptors (Lipinski definition) is 3. The van der Waals surface area contributed by atoms with Gasteiger partial charge < -0.3 is 10.2 Å². The van der Waals surface area contributed by atoms with Crippen LogP contribution in [0.15, 0.2) is 0 Å². The van der Waals surface area contributed by atoms with Crippen LogP contribution >= 0.6 is 0 Å². The van der Waals surface area contributed by atoms with E-state index in [1.165, 1.54) is 45.3 Å². The number of rotatable bonds is 7. The van der Waals surface area contributed by atoms with Crippen LogP contribution in [0.1, 0.15) is 53.4 Å². The Balaban J connectivity index is 2.74. The Hall–Kier alpha value is -0.120. The molecule has 0 saturated carbocycles. The van der Waals surface area contributed by atoms with Gasteiger partial charge in [0.1, 0.15) is 0 Å². The maximum atomic E-state index is 3.73. The maximum Gasteiger partial charge on any atom is 0.0250 e. The molecule has 1 aliphatic rings. The summed E-state index contributed by atoms with van der Waals surface area (Å²) in [5, 5.41) is 3.73. The van der Waals surface area contributed by atoms with Gasteiger partial charge in [0.15, 0.2) is 0 Å². The lowest BCUT2D eigenvalue weighted by molar-refractivity contribution is 0.106. The van der Waals surface area contributed by atoms with Crippen molar-refractivity contribution >= 4 is 0 Å². The van der Waals surface area contributed by atoms with Crippen LogP contribution < -0.4 is 5.32 Å². The fourth-order valence-electron chi connectivity index (χ4n) is 3.64. The van der Waals surface area contributed by atoms with Gasteiger partial charge in [-0.05, 0) is 46.3 Å². The van der Waals surface area contributed by atoms with Gasteiger partial charge in [-0.1, -0.05) is 27.2 Å². The molecule has 3 nitrogen and oxygen atoms in total. The third-order valence-corrected chi connectivity index (χ3v) is 4.47. The third kappa shape index (κ3) is 5.05. The summed E-state index contributed by atoms with van der Waals surface area (Å²) in [6.45, 7) is 14.1. The molecule has 1 heterocycles. The molecule has 114 valence electrons. The number of hydrogen-bond donors (Lipinski definition) is 1. The molecule has 0 aliphatic carbocycles. The summed E-state index contributed by atoms with van der Waals surface area (Å²) >= 11 is 0. The summed E-state index contributed by atoms with van der Waals surface area (Å²) in [6.07, 6.45) is 5.13. The Bertz CT molecular complexity index is 226. The molecule has 0 aromatic carbocycles. The molecule has 1 aliphatic heterocycles. The summed E-state index contributed by atoms with van der Waals surface area (Å²) in [6, 6.07) is 2.03. The standard InChI is InChI=1S/C16H35N3/c1-6-10-15(17-8-3)16(7-2)19-12-9-11-18(5)13-14(19)4/h14-17H,6-13H2,1-5H3. The van der Waals surface area contributed by atoms with Crippen LogP contribution in [-0.2, 0) is 0 Å². The lowest BCUT2D eigenvalue weighted by Gasteiger charge is -2.40. The highest BCUT2D eigenvalue weighted by Crippen LogP contribution is 2.19. The monoisotopic (exact) mass is 269 g/mol. The van der Waals surface area contributed by atoms with Gasteiger partial charge in [-0.25, -0.2) is 0 Å². The summed E-state index contributed by atoms with van der Waals surface area (Å²) in [4.78, 5) is 5.26. The zero-order chi connectivity index (χ0) is 14.3. The average Bonchev–Trinajstić information content (AvgIpc) is 2.53. The number of nitrogens with zero attached hydrogens (tertiary/aromatic N) is 2. The van der Waals surface area contributed by atoms with Crippen molar-refractivity contribution in [2.75, 3.05) is 33.2 Å². The van der Waals surface area contributed by atoms with Crippen LogP contribution in [0.2, 0.25) is 0 Å². The SMILES string of the molecule is CCCC(NCC)C(CC)N1CCCN(C)CC1C. The van der Waals surface area contributed by atoms with Crippen molar-refractivity contribution < 1.29 is 0 Å². The van der Waals surface area contributed by atoms with Crippen LogP contribution in [0.25, 0.3) is 0 Å². The highest BCUT2D eigenvalue weighted by molar-refractivity contribution is 4.88. The second-order valence-corrected chi connectivity index (χ2v) is 6.13. The third-order valence-electron chi connectivity index (χ3n) is 4.47. The number of likely N-dealkylation sites (N-methyl/N-ethyl adjacent to an activating group) is 2. The molecule has 3 unspecified atom stereocenters. The van der Waals surface area contributed by atoms with Crippen LogP contribution in [0.4, 0.5) is 0 Å². The lowest BCUT2D eigenvalue weighted by Crippen LogP contribution is -2.54. The molecule has 0 aromatic heterocycles. The largest absolute Gasteiger partial charge is 0.313 e. The summed E-state index contributed by atoms with van der Waals surface area (Å²) in [7, 11) is 2.26. The van der Waals surface area contributed by atoms with E-state index in [0.717, 1.165) is 6.54 Å². The van der Waals surface area contributed by atoms with Gasteiger partial charge in [-0.2, -0.15) is 0 Å². The van der Waals surface area contributed by atoms with E-state index >= 15 is 0 Å². The molecule has 0 amide bonds. The van der Waals surface area contributed by atoms with Crippen molar-refractivity contribution in [1.29, 1.82) is 0 Å². The first-order chi connectivity index (χ1) is 9.13. The van der Waals surface area contributed by atoms with Gasteiger partial charge in [0.25, 0.3) is 0 Å². The fraction of sp³-hybridized carbons (Fsp3) is 1.00. The fourth-order valence-corrected chi connectivity index (χ4v) is 3.64. The zero-order valence-corrected chi connectivity index (χ0v) is 13.8. The van der Waals surface area contributed by atoms with Gasteiger partial charge in [-0.3, -0.25) is 4.90 Å². The van der Waals surface area contributed by atoms with Gasteiger partial charge >= 0.3 is 0 Å². The van der Waals surface area contributed by atoms with E-state index in [-0.39, 0.29) is 0 Å². The normalized spacial score (nSPS) is 26.1. The van der Waals surface area contributed by atoms with E-state index in [4.69, 9.17) is 0 Å². The van der Waals surface area contributed by atoms with Crippen molar-refractivity contribution in [3.63, 3.8) is 0 Å². The molecule has 0 aromatic rings.